The van der Waals surface area contributed by atoms with E-state index in [1.165, 1.54) is 32.0 Å². The predicted octanol–water partition coefficient (Wildman–Crippen LogP) is 10.3. The second-order valence-electron chi connectivity index (χ2n) is 18.4. The van der Waals surface area contributed by atoms with Gasteiger partial charge >= 0.3 is 11.9 Å². The third-order valence-electron chi connectivity index (χ3n) is 13.2. The Kier molecular flexibility index (Phi) is 13.7. The first-order valence-corrected chi connectivity index (χ1v) is 27.4. The van der Waals surface area contributed by atoms with Crippen molar-refractivity contribution >= 4 is 81.5 Å². The third-order valence-corrected chi connectivity index (χ3v) is 17.2. The van der Waals surface area contributed by atoms with Crippen molar-refractivity contribution in [2.45, 2.75) is 77.0 Å². The predicted molar refractivity (Wildman–Crippen MR) is 286 cm³/mol. The van der Waals surface area contributed by atoms with E-state index in [0.29, 0.717) is 78.4 Å². The van der Waals surface area contributed by atoms with E-state index in [9.17, 15) is 64.9 Å². The van der Waals surface area contributed by atoms with Gasteiger partial charge in [0.2, 0.25) is 0 Å². The summed E-state index contributed by atoms with van der Waals surface area (Å²) >= 11 is 0. The van der Waals surface area contributed by atoms with Crippen molar-refractivity contribution in [3.05, 3.63) is 151 Å². The number of anilines is 4. The summed E-state index contributed by atoms with van der Waals surface area (Å²) in [6.45, 7) is 14.1. The summed E-state index contributed by atoms with van der Waals surface area (Å²) in [4.78, 5) is 27.4. The molecule has 1 aliphatic heterocycles. The molecule has 19 nitrogen and oxygen atoms in total. The van der Waals surface area contributed by atoms with Crippen LogP contribution in [-0.4, -0.2) is 67.3 Å². The molecular weight excluding hydrogens is 1040 g/mol. The molecule has 1 aliphatic carbocycles. The highest BCUT2D eigenvalue weighted by Crippen LogP contribution is 2.45. The molecule has 76 heavy (non-hydrogen) atoms. The number of hydrogen-bond acceptors (Lipinski definition) is 14. The van der Waals surface area contributed by atoms with Gasteiger partial charge in [-0.25, -0.2) is 31.4 Å². The maximum atomic E-state index is 14.1. The summed E-state index contributed by atoms with van der Waals surface area (Å²) in [5, 5.41) is 54.8. The van der Waals surface area contributed by atoms with Crippen molar-refractivity contribution in [2.75, 3.05) is 14.8 Å². The van der Waals surface area contributed by atoms with Gasteiger partial charge < -0.3 is 35.3 Å². The Morgan fingerprint density at radius 1 is 0.539 bits per heavy atom. The molecule has 0 fully saturated rings. The van der Waals surface area contributed by atoms with Crippen LogP contribution in [0.25, 0.3) is 33.4 Å². The van der Waals surface area contributed by atoms with Gasteiger partial charge in [0.25, 0.3) is 30.2 Å². The number of phenols is 3. The normalized spacial score (nSPS) is 12.3. The quantitative estimate of drug-likeness (QED) is 0.0383. The Balaban J connectivity index is 1.26. The molecule has 0 bridgehead atoms. The molecule has 0 saturated heterocycles. The minimum absolute atomic E-state index is 0.0779. The average molecular weight is 1090 g/mol. The first-order valence-electron chi connectivity index (χ1n) is 22.9. The van der Waals surface area contributed by atoms with E-state index >= 15 is 0 Å². The lowest BCUT2D eigenvalue weighted by Crippen LogP contribution is -2.19. The fourth-order valence-electron chi connectivity index (χ4n) is 9.90. The highest BCUT2D eigenvalue weighted by Gasteiger charge is 2.31. The van der Waals surface area contributed by atoms with E-state index in [4.69, 9.17) is 9.41 Å². The zero-order valence-corrected chi connectivity index (χ0v) is 44.6. The summed E-state index contributed by atoms with van der Waals surface area (Å²) in [7, 11) is -13.9. The van der Waals surface area contributed by atoms with Gasteiger partial charge in [0.15, 0.2) is 0 Å². The zero-order chi connectivity index (χ0) is 55.8. The van der Waals surface area contributed by atoms with Gasteiger partial charge in [-0.2, -0.15) is 8.42 Å². The highest BCUT2D eigenvalue weighted by atomic mass is 32.2. The van der Waals surface area contributed by atoms with Crippen molar-refractivity contribution < 1.29 is 69.3 Å². The second-order valence-corrected chi connectivity index (χ2v) is 23.1. The van der Waals surface area contributed by atoms with Crippen LogP contribution in [0, 0.1) is 62.3 Å². The molecule has 0 unspecified atom stereocenters. The molecule has 6 aromatic rings. The number of carbonyl (C=O) groups is 2. The first-order chi connectivity index (χ1) is 35.4. The smallest absolute Gasteiger partial charge is 0.339 e. The number of phenolic OH excluding ortho intramolecular Hbond substituents is 1. The Bertz CT molecular complexity index is 4240. The number of hydrogen-bond donors (Lipinski definition) is 9. The third kappa shape index (κ3) is 9.62. The van der Waals surface area contributed by atoms with Crippen LogP contribution >= 0.6 is 0 Å². The molecule has 0 spiro atoms. The lowest BCUT2D eigenvalue weighted by Gasteiger charge is -2.22. The number of nitrogens with one attached hydrogen (secondary N) is 3. The minimum atomic E-state index is -4.79. The number of benzene rings is 7. The molecule has 0 amide bonds. The number of rotatable bonds is 13. The van der Waals surface area contributed by atoms with Gasteiger partial charge in [-0.3, -0.25) is 14.0 Å². The van der Waals surface area contributed by atoms with Gasteiger partial charge in [-0.1, -0.05) is 30.3 Å². The Hall–Kier alpha value is -8.44. The lowest BCUT2D eigenvalue weighted by molar-refractivity contribution is 0.0681. The molecule has 0 aromatic heterocycles. The molecule has 8 rings (SSSR count). The topological polar surface area (TPSA) is 320 Å². The summed E-state index contributed by atoms with van der Waals surface area (Å²) in [6, 6.07) is 21.0. The van der Waals surface area contributed by atoms with Crippen molar-refractivity contribution in [2.24, 2.45) is 4.99 Å². The number of aromatic hydroxyl groups is 3. The van der Waals surface area contributed by atoms with Crippen LogP contribution in [-0.2, 0) is 30.2 Å². The number of carboxylic acids is 2. The molecule has 9 N–H and O–H groups in total. The fourth-order valence-corrected chi connectivity index (χ4v) is 13.8. The van der Waals surface area contributed by atoms with Crippen LogP contribution in [0.2, 0.25) is 0 Å². The maximum Gasteiger partial charge on any atom is 0.339 e. The summed E-state index contributed by atoms with van der Waals surface area (Å²) in [5.41, 5.74) is 4.20. The Labute approximate surface area is 436 Å². The molecule has 22 heteroatoms. The van der Waals surface area contributed by atoms with E-state index in [1.807, 2.05) is 6.92 Å². The summed E-state index contributed by atoms with van der Waals surface area (Å²) in [5.74, 6) is -5.17. The monoisotopic (exact) mass is 1090 g/mol. The average Bonchev–Trinajstić information content (AvgIpc) is 3.30. The first kappa shape index (κ1) is 53.8. The zero-order valence-electron chi connectivity index (χ0n) is 42.1. The lowest BCUT2D eigenvalue weighted by atomic mass is 9.93. The number of aryl methyl sites for hydroxylation is 5. The van der Waals surface area contributed by atoms with Crippen LogP contribution in [0.3, 0.4) is 0 Å². The van der Waals surface area contributed by atoms with E-state index < -0.39 is 80.9 Å². The molecule has 2 aliphatic rings. The van der Waals surface area contributed by atoms with E-state index in [1.54, 1.807) is 89.2 Å². The van der Waals surface area contributed by atoms with Crippen molar-refractivity contribution in [1.82, 2.24) is 0 Å². The van der Waals surface area contributed by atoms with Gasteiger partial charge in [-0.15, -0.1) is 0 Å². The Morgan fingerprint density at radius 2 is 1.09 bits per heavy atom. The number of carboxylic acid groups (broad SMARTS) is 2. The maximum absolute atomic E-state index is 14.1. The van der Waals surface area contributed by atoms with Crippen LogP contribution in [0.4, 0.5) is 28.4 Å². The van der Waals surface area contributed by atoms with Crippen molar-refractivity contribution in [3.8, 4) is 39.7 Å². The standard InChI is InChI=1S/C54H50N4O15S3/c1-24-18-26(3)49(57-74(66,67)51-28(5)20-38(59)44(29(51)6)53(62)63)31(8)47(24)55-33-14-16-35-41(21-33)73-42-22-34(15-17-36(42)46(35)37-12-10-11-13-43(37)76(70,71)72)56-48-25(2)19-27(4)50(32(48)9)58-75(68,69)52-30(7)45(54(64)65)39(60)23-40(52)61/h10-23,55,57-61H,1-9H3,(H,62,63)(H,64,65)(H,70,71,72). The summed E-state index contributed by atoms with van der Waals surface area (Å²) < 4.78 is 104. The number of nitrogens with zero attached hydrogens (tertiary/aromatic N) is 1. The van der Waals surface area contributed by atoms with Gasteiger partial charge in [0.1, 0.15) is 49.5 Å². The summed E-state index contributed by atoms with van der Waals surface area (Å²) in [6.07, 6.45) is 0. The van der Waals surface area contributed by atoms with E-state index in [0.717, 1.165) is 13.0 Å². The molecule has 394 valence electrons. The van der Waals surface area contributed by atoms with Gasteiger partial charge in [0, 0.05) is 51.7 Å². The number of aromatic carboxylic acids is 2. The van der Waals surface area contributed by atoms with Crippen LogP contribution in [0.5, 0.6) is 17.2 Å². The largest absolute Gasteiger partial charge is 0.507 e. The van der Waals surface area contributed by atoms with Crippen LogP contribution < -0.4 is 20.1 Å². The van der Waals surface area contributed by atoms with E-state index in [-0.39, 0.29) is 49.2 Å². The molecular formula is C54H50N4O15S3. The molecule has 0 atom stereocenters. The SMILES string of the molecule is Cc1cc(C)c(NS(=O)(=O)c2c(O)cc(O)c(C(=O)O)c2C)c(C)c1N=c1ccc2c(-c3ccccc3S(=O)(=O)O)c3ccc(Nc4c(C)cc(C)c(NS(=O)(=O)c5c(C)cc(O)c(C(=O)O)c5C)c4C)cc3oc-2c1. The number of sulfonamides is 2. The van der Waals surface area contributed by atoms with Crippen LogP contribution in [0.1, 0.15) is 70.8 Å². The fraction of sp³-hybridized carbons (Fsp3) is 0.167. The minimum Gasteiger partial charge on any atom is -0.507 e. The van der Waals surface area contributed by atoms with Gasteiger partial charge in [-0.05, 0) is 149 Å². The number of fused-ring (bicyclic) bond motifs is 2. The van der Waals surface area contributed by atoms with Crippen LogP contribution in [0.15, 0.2) is 109 Å². The highest BCUT2D eigenvalue weighted by molar-refractivity contribution is 7.93. The molecule has 0 saturated carbocycles. The van der Waals surface area contributed by atoms with E-state index in [2.05, 4.69) is 14.8 Å². The molecule has 6 aromatic carbocycles. The van der Waals surface area contributed by atoms with Crippen molar-refractivity contribution in [1.29, 1.82) is 0 Å². The Morgan fingerprint density at radius 3 is 1.71 bits per heavy atom. The molecule has 1 heterocycles. The van der Waals surface area contributed by atoms with Gasteiger partial charge in [0.05, 0.1) is 27.3 Å². The second kappa shape index (κ2) is 19.4. The van der Waals surface area contributed by atoms with Crippen molar-refractivity contribution in [3.63, 3.8) is 0 Å². The molecule has 0 radical (unpaired) electrons.